The number of nitrogens with zero attached hydrogens (tertiary/aromatic N) is 1. The van der Waals surface area contributed by atoms with Gasteiger partial charge >= 0.3 is 0 Å². The lowest BCUT2D eigenvalue weighted by Crippen LogP contribution is -2.34. The molecule has 0 aromatic carbocycles. The fourth-order valence-electron chi connectivity index (χ4n) is 2.32. The SMILES string of the molecule is NCC1(C(O)c2ncc(Cl)s2)CCCC1. The Morgan fingerprint density at radius 3 is 2.73 bits per heavy atom. The predicted molar refractivity (Wildman–Crippen MR) is 62.0 cm³/mol. The second-order valence-corrected chi connectivity index (χ2v) is 5.87. The molecular formula is C10H15ClN2OS. The monoisotopic (exact) mass is 246 g/mol. The largest absolute Gasteiger partial charge is 0.385 e. The van der Waals surface area contributed by atoms with Gasteiger partial charge in [0.15, 0.2) is 0 Å². The van der Waals surface area contributed by atoms with Gasteiger partial charge in [-0.2, -0.15) is 0 Å². The van der Waals surface area contributed by atoms with E-state index < -0.39 is 6.10 Å². The van der Waals surface area contributed by atoms with Crippen LogP contribution in [0.25, 0.3) is 0 Å². The van der Waals surface area contributed by atoms with Gasteiger partial charge in [-0.3, -0.25) is 0 Å². The summed E-state index contributed by atoms with van der Waals surface area (Å²) in [5.41, 5.74) is 5.63. The minimum absolute atomic E-state index is 0.165. The molecule has 15 heavy (non-hydrogen) atoms. The van der Waals surface area contributed by atoms with Crippen molar-refractivity contribution in [2.45, 2.75) is 31.8 Å². The van der Waals surface area contributed by atoms with Crippen molar-refractivity contribution in [3.05, 3.63) is 15.5 Å². The first kappa shape index (κ1) is 11.3. The number of thiazole rings is 1. The summed E-state index contributed by atoms with van der Waals surface area (Å²) in [7, 11) is 0. The molecule has 3 nitrogen and oxygen atoms in total. The molecule has 1 heterocycles. The van der Waals surface area contributed by atoms with Crippen LogP contribution in [0, 0.1) is 5.41 Å². The highest BCUT2D eigenvalue weighted by atomic mass is 35.5. The van der Waals surface area contributed by atoms with Crippen LogP contribution in [0.15, 0.2) is 6.20 Å². The fraction of sp³-hybridized carbons (Fsp3) is 0.700. The summed E-state index contributed by atoms with van der Waals surface area (Å²) in [5.74, 6) is 0. The molecule has 1 aliphatic carbocycles. The Hall–Kier alpha value is -0.160. The molecule has 0 aliphatic heterocycles. The Morgan fingerprint density at radius 2 is 2.27 bits per heavy atom. The molecule has 5 heteroatoms. The molecule has 0 spiro atoms. The average molecular weight is 247 g/mol. The number of hydrogen-bond donors (Lipinski definition) is 2. The van der Waals surface area contributed by atoms with Gasteiger partial charge in [0, 0.05) is 12.0 Å². The molecule has 1 unspecified atom stereocenters. The molecule has 3 N–H and O–H groups in total. The van der Waals surface area contributed by atoms with Gasteiger partial charge in [-0.1, -0.05) is 24.4 Å². The van der Waals surface area contributed by atoms with Gasteiger partial charge in [-0.05, 0) is 12.8 Å². The molecule has 1 saturated carbocycles. The van der Waals surface area contributed by atoms with E-state index >= 15 is 0 Å². The highest BCUT2D eigenvalue weighted by Crippen LogP contribution is 2.47. The number of aliphatic hydroxyl groups excluding tert-OH is 1. The molecule has 1 aromatic rings. The van der Waals surface area contributed by atoms with Crippen molar-refractivity contribution < 1.29 is 5.11 Å². The number of nitrogens with two attached hydrogens (primary N) is 1. The lowest BCUT2D eigenvalue weighted by Gasteiger charge is -2.31. The second-order valence-electron chi connectivity index (χ2n) is 4.18. The first-order valence-electron chi connectivity index (χ1n) is 5.17. The van der Waals surface area contributed by atoms with Crippen LogP contribution < -0.4 is 5.73 Å². The van der Waals surface area contributed by atoms with Gasteiger partial charge in [0.25, 0.3) is 0 Å². The third-order valence-electron chi connectivity index (χ3n) is 3.32. The zero-order valence-corrected chi connectivity index (χ0v) is 10.0. The average Bonchev–Trinajstić information content (AvgIpc) is 2.86. The van der Waals surface area contributed by atoms with Crippen LogP contribution in [0.5, 0.6) is 0 Å². The van der Waals surface area contributed by atoms with Crippen LogP contribution in [0.2, 0.25) is 4.34 Å². The van der Waals surface area contributed by atoms with Crippen molar-refractivity contribution in [3.8, 4) is 0 Å². The number of halogens is 1. The summed E-state index contributed by atoms with van der Waals surface area (Å²) < 4.78 is 0.620. The van der Waals surface area contributed by atoms with Gasteiger partial charge in [0.2, 0.25) is 0 Å². The van der Waals surface area contributed by atoms with Crippen LogP contribution in [-0.2, 0) is 0 Å². The highest BCUT2D eigenvalue weighted by molar-refractivity contribution is 7.15. The molecule has 0 saturated heterocycles. The van der Waals surface area contributed by atoms with Crippen LogP contribution in [-0.4, -0.2) is 16.6 Å². The Morgan fingerprint density at radius 1 is 1.60 bits per heavy atom. The Balaban J connectivity index is 2.21. The van der Waals surface area contributed by atoms with Gasteiger partial charge in [-0.25, -0.2) is 4.98 Å². The van der Waals surface area contributed by atoms with E-state index in [1.807, 2.05) is 0 Å². The van der Waals surface area contributed by atoms with E-state index in [0.717, 1.165) is 25.7 Å². The van der Waals surface area contributed by atoms with E-state index in [1.54, 1.807) is 6.20 Å². The van der Waals surface area contributed by atoms with Crippen LogP contribution in [0.1, 0.15) is 36.8 Å². The maximum Gasteiger partial charge on any atom is 0.123 e. The number of aromatic nitrogens is 1. The highest BCUT2D eigenvalue weighted by Gasteiger charge is 2.41. The van der Waals surface area contributed by atoms with Gasteiger partial charge in [-0.15, -0.1) is 11.3 Å². The minimum Gasteiger partial charge on any atom is -0.385 e. The van der Waals surface area contributed by atoms with Gasteiger partial charge < -0.3 is 10.8 Å². The Labute approximate surface area is 98.3 Å². The van der Waals surface area contributed by atoms with Gasteiger partial charge in [0.1, 0.15) is 15.4 Å². The number of rotatable bonds is 3. The molecular weight excluding hydrogens is 232 g/mol. The van der Waals surface area contributed by atoms with Gasteiger partial charge in [0.05, 0.1) is 6.20 Å². The summed E-state index contributed by atoms with van der Waals surface area (Å²) in [4.78, 5) is 4.13. The zero-order valence-electron chi connectivity index (χ0n) is 8.45. The van der Waals surface area contributed by atoms with E-state index in [-0.39, 0.29) is 5.41 Å². The quantitative estimate of drug-likeness (QED) is 0.861. The standard InChI is InChI=1S/C10H15ClN2OS/c11-7-5-13-9(15-7)8(14)10(6-12)3-1-2-4-10/h5,8,14H,1-4,6,12H2. The normalized spacial score (nSPS) is 21.8. The number of aliphatic hydroxyl groups is 1. The molecule has 0 bridgehead atoms. The van der Waals surface area contributed by atoms with E-state index in [4.69, 9.17) is 17.3 Å². The minimum atomic E-state index is -0.553. The Kier molecular flexibility index (Phi) is 3.30. The molecule has 1 fully saturated rings. The zero-order chi connectivity index (χ0) is 10.9. The smallest absolute Gasteiger partial charge is 0.123 e. The lowest BCUT2D eigenvalue weighted by atomic mass is 9.80. The summed E-state index contributed by atoms with van der Waals surface area (Å²) in [6.07, 6.45) is 5.30. The molecule has 1 aliphatic rings. The first-order valence-corrected chi connectivity index (χ1v) is 6.37. The van der Waals surface area contributed by atoms with Crippen LogP contribution in [0.4, 0.5) is 0 Å². The van der Waals surface area contributed by atoms with Crippen molar-refractivity contribution in [3.63, 3.8) is 0 Å². The van der Waals surface area contributed by atoms with E-state index in [9.17, 15) is 5.11 Å². The third kappa shape index (κ3) is 2.04. The maximum absolute atomic E-state index is 10.3. The molecule has 2 rings (SSSR count). The molecule has 1 aromatic heterocycles. The molecule has 0 amide bonds. The topological polar surface area (TPSA) is 59.1 Å². The van der Waals surface area contributed by atoms with Crippen LogP contribution in [0.3, 0.4) is 0 Å². The van der Waals surface area contributed by atoms with Crippen molar-refractivity contribution in [2.75, 3.05) is 6.54 Å². The predicted octanol–water partition coefficient (Wildman–Crippen LogP) is 2.35. The second kappa shape index (κ2) is 4.37. The maximum atomic E-state index is 10.3. The summed E-state index contributed by atoms with van der Waals surface area (Å²) in [6, 6.07) is 0. The third-order valence-corrected chi connectivity index (χ3v) is 4.48. The summed E-state index contributed by atoms with van der Waals surface area (Å²) >= 11 is 7.16. The van der Waals surface area contributed by atoms with Crippen molar-refractivity contribution >= 4 is 22.9 Å². The van der Waals surface area contributed by atoms with Crippen molar-refractivity contribution in [1.29, 1.82) is 0 Å². The first-order chi connectivity index (χ1) is 7.18. The molecule has 0 radical (unpaired) electrons. The number of hydrogen-bond acceptors (Lipinski definition) is 4. The molecule has 84 valence electrons. The fourth-order valence-corrected chi connectivity index (χ4v) is 3.38. The van der Waals surface area contributed by atoms with E-state index in [1.165, 1.54) is 11.3 Å². The van der Waals surface area contributed by atoms with Crippen molar-refractivity contribution in [2.24, 2.45) is 11.1 Å². The lowest BCUT2D eigenvalue weighted by molar-refractivity contribution is 0.0331. The van der Waals surface area contributed by atoms with E-state index in [2.05, 4.69) is 4.98 Å². The van der Waals surface area contributed by atoms with E-state index in [0.29, 0.717) is 15.9 Å². The van der Waals surface area contributed by atoms with Crippen molar-refractivity contribution in [1.82, 2.24) is 4.98 Å². The summed E-state index contributed by atoms with van der Waals surface area (Å²) in [5, 5.41) is 11.0. The summed E-state index contributed by atoms with van der Waals surface area (Å²) in [6.45, 7) is 0.519. The Bertz CT molecular complexity index is 336. The van der Waals surface area contributed by atoms with Crippen LogP contribution >= 0.6 is 22.9 Å². The molecule has 1 atom stereocenters.